The monoisotopic (exact) mass is 518 g/mol. The lowest BCUT2D eigenvalue weighted by Gasteiger charge is -2.25. The van der Waals surface area contributed by atoms with Crippen LogP contribution in [0.1, 0.15) is 31.1 Å². The van der Waals surface area contributed by atoms with Crippen LogP contribution in [-0.4, -0.2) is 71.8 Å². The molecule has 12 N–H and O–H groups in total. The lowest BCUT2D eigenvalue weighted by molar-refractivity contribution is -0.131. The number of carbonyl (C=O) groups excluding carboxylic acids is 3. The quantitative estimate of drug-likeness (QED) is 0.156. The van der Waals surface area contributed by atoms with Gasteiger partial charge in [0.2, 0.25) is 18.2 Å². The lowest BCUT2D eigenvalue weighted by atomic mass is 9.94. The highest BCUT2D eigenvalue weighted by molar-refractivity contribution is 5.89. The molecule has 12 nitrogen and oxygen atoms in total. The molecule has 12 heteroatoms. The Labute approximate surface area is 216 Å². The number of amides is 3. The van der Waals surface area contributed by atoms with E-state index >= 15 is 0 Å². The van der Waals surface area contributed by atoms with E-state index in [4.69, 9.17) is 17.2 Å². The predicted octanol–water partition coefficient (Wildman–Crippen LogP) is -1.04. The number of rotatable bonds is 12. The van der Waals surface area contributed by atoms with Gasteiger partial charge in [0.15, 0.2) is 0 Å². The number of phenols is 2. The largest absolute Gasteiger partial charge is 0.508 e. The van der Waals surface area contributed by atoms with Crippen molar-refractivity contribution in [2.24, 2.45) is 17.2 Å². The van der Waals surface area contributed by atoms with Gasteiger partial charge < -0.3 is 48.5 Å². The third kappa shape index (κ3) is 10.1. The van der Waals surface area contributed by atoms with Crippen molar-refractivity contribution in [2.75, 3.05) is 26.2 Å². The number of hydrogen-bond donors (Lipinski definition) is 9. The summed E-state index contributed by atoms with van der Waals surface area (Å²) in [4.78, 5) is 35.2. The Morgan fingerprint density at radius 2 is 1.65 bits per heavy atom. The number of carbonyl (C=O) groups is 3. The van der Waals surface area contributed by atoms with Gasteiger partial charge in [-0.05, 0) is 60.8 Å². The van der Waals surface area contributed by atoms with Crippen molar-refractivity contribution in [3.05, 3.63) is 47.5 Å². The predicted molar refractivity (Wildman–Crippen MR) is 140 cm³/mol. The van der Waals surface area contributed by atoms with Crippen molar-refractivity contribution >= 4 is 18.2 Å². The fourth-order valence-electron chi connectivity index (χ4n) is 3.38. The van der Waals surface area contributed by atoms with Gasteiger partial charge in [-0.25, -0.2) is 0 Å². The molecule has 0 fully saturated rings. The van der Waals surface area contributed by atoms with Crippen LogP contribution in [0.25, 0.3) is 11.1 Å². The van der Waals surface area contributed by atoms with E-state index in [1.165, 1.54) is 18.2 Å². The normalized spacial score (nSPS) is 12.8. The van der Waals surface area contributed by atoms with Gasteiger partial charge in [-0.3, -0.25) is 14.4 Å². The molecule has 204 valence electrons. The lowest BCUT2D eigenvalue weighted by Crippen LogP contribution is -2.52. The Balaban J connectivity index is 0.00000217. The van der Waals surface area contributed by atoms with Gasteiger partial charge in [0.05, 0.1) is 6.54 Å². The van der Waals surface area contributed by atoms with E-state index in [1.54, 1.807) is 18.2 Å². The summed E-state index contributed by atoms with van der Waals surface area (Å²) >= 11 is 0. The molecule has 0 aliphatic rings. The van der Waals surface area contributed by atoms with E-state index in [1.807, 2.05) is 13.8 Å². The van der Waals surface area contributed by atoms with E-state index in [0.29, 0.717) is 29.5 Å². The highest BCUT2D eigenvalue weighted by Crippen LogP contribution is 2.33. The third-order valence-electron chi connectivity index (χ3n) is 5.01. The number of aromatic hydroxyl groups is 2. The molecule has 0 bridgehead atoms. The minimum Gasteiger partial charge on any atom is -0.508 e. The van der Waals surface area contributed by atoms with E-state index in [-0.39, 0.29) is 36.2 Å². The number of phenolic OH excluding ortho intramolecular Hbond substituents is 2. The first-order valence-electron chi connectivity index (χ1n) is 11.8. The molecule has 3 unspecified atom stereocenters. The van der Waals surface area contributed by atoms with Crippen LogP contribution in [0, 0.1) is 0 Å². The van der Waals surface area contributed by atoms with Crippen LogP contribution < -0.4 is 33.2 Å². The maximum atomic E-state index is 12.6. The zero-order valence-corrected chi connectivity index (χ0v) is 21.1. The second-order valence-corrected chi connectivity index (χ2v) is 8.28. The summed E-state index contributed by atoms with van der Waals surface area (Å²) in [6.07, 6.45) is -0.859. The van der Waals surface area contributed by atoms with Gasteiger partial charge in [-0.15, -0.1) is 0 Å². The molecule has 2 aromatic carbocycles. The van der Waals surface area contributed by atoms with Crippen molar-refractivity contribution in [1.82, 2.24) is 16.0 Å². The number of nitrogens with one attached hydrogen (secondary N) is 3. The van der Waals surface area contributed by atoms with E-state index in [2.05, 4.69) is 16.0 Å². The van der Waals surface area contributed by atoms with E-state index in [0.717, 1.165) is 6.54 Å². The van der Waals surface area contributed by atoms with Crippen LogP contribution in [-0.2, 0) is 20.8 Å². The van der Waals surface area contributed by atoms with Crippen LogP contribution in [0.2, 0.25) is 0 Å². The number of aliphatic hydroxyl groups is 1. The Kier molecular flexibility index (Phi) is 13.6. The first kappa shape index (κ1) is 31.3. The molecular formula is C25H38N6O6. The molecule has 0 aromatic heterocycles. The molecule has 0 aliphatic carbocycles. The fourth-order valence-corrected chi connectivity index (χ4v) is 3.38. The minimum absolute atomic E-state index is 0.00383. The molecule has 0 spiro atoms. The van der Waals surface area contributed by atoms with Crippen LogP contribution in [0.3, 0.4) is 0 Å². The third-order valence-corrected chi connectivity index (χ3v) is 5.01. The number of nitrogens with two attached hydrogens (primary N) is 3. The maximum absolute atomic E-state index is 12.6. The molecule has 37 heavy (non-hydrogen) atoms. The molecule has 2 rings (SSSR count). The first-order chi connectivity index (χ1) is 17.6. The molecular weight excluding hydrogens is 480 g/mol. The second kappa shape index (κ2) is 16.1. The van der Waals surface area contributed by atoms with Crippen molar-refractivity contribution in [2.45, 2.75) is 38.5 Å². The molecule has 0 saturated carbocycles. The van der Waals surface area contributed by atoms with Gasteiger partial charge in [-0.2, -0.15) is 0 Å². The summed E-state index contributed by atoms with van der Waals surface area (Å²) in [6.45, 7) is 4.31. The van der Waals surface area contributed by atoms with Crippen molar-refractivity contribution < 1.29 is 29.7 Å². The summed E-state index contributed by atoms with van der Waals surface area (Å²) in [5.41, 5.74) is 18.0. The van der Waals surface area contributed by atoms with Gasteiger partial charge in [0, 0.05) is 24.7 Å². The topological polar surface area (TPSA) is 226 Å². The molecule has 3 atom stereocenters. The molecule has 0 aliphatic heterocycles. The highest BCUT2D eigenvalue weighted by atomic mass is 16.3. The Bertz CT molecular complexity index is 1030. The van der Waals surface area contributed by atoms with Crippen LogP contribution in [0.15, 0.2) is 36.4 Å². The molecule has 3 amide bonds. The van der Waals surface area contributed by atoms with Crippen molar-refractivity contribution in [3.63, 3.8) is 0 Å². The van der Waals surface area contributed by atoms with Gasteiger partial charge >= 0.3 is 0 Å². The molecule has 2 aromatic rings. The summed E-state index contributed by atoms with van der Waals surface area (Å²) in [5.74, 6) is -1.62. The van der Waals surface area contributed by atoms with Crippen LogP contribution in [0.4, 0.5) is 0 Å². The van der Waals surface area contributed by atoms with E-state index < -0.39 is 30.5 Å². The fraction of sp³-hybridized carbons (Fsp3) is 0.400. The average molecular weight is 519 g/mol. The minimum atomic E-state index is -1.63. The van der Waals surface area contributed by atoms with Crippen molar-refractivity contribution in [3.8, 4) is 22.6 Å². The number of aliphatic hydroxyl groups excluding tert-OH is 1. The number of hydrogen-bond acceptors (Lipinski definition) is 9. The Hall–Kier alpha value is -3.71. The summed E-state index contributed by atoms with van der Waals surface area (Å²) in [7, 11) is 0. The van der Waals surface area contributed by atoms with Gasteiger partial charge in [0.25, 0.3) is 0 Å². The molecule has 0 radical (unpaired) electrons. The zero-order chi connectivity index (χ0) is 28.0. The maximum Gasteiger partial charge on any atom is 0.245 e. The first-order valence-corrected chi connectivity index (χ1v) is 11.8. The van der Waals surface area contributed by atoms with Crippen LogP contribution in [0.5, 0.6) is 11.5 Å². The van der Waals surface area contributed by atoms with Crippen molar-refractivity contribution in [1.29, 1.82) is 0 Å². The summed E-state index contributed by atoms with van der Waals surface area (Å²) < 4.78 is 0. The second-order valence-electron chi connectivity index (χ2n) is 8.28. The highest BCUT2D eigenvalue weighted by Gasteiger charge is 2.31. The van der Waals surface area contributed by atoms with E-state index in [9.17, 15) is 29.7 Å². The van der Waals surface area contributed by atoms with Gasteiger partial charge in [-0.1, -0.05) is 19.1 Å². The molecule has 0 heterocycles. The molecule has 0 saturated heterocycles. The SMILES string of the molecule is CC(N)Cc1cc(-c2ccc(O)c(C(O)C(NC(=O)CNC=O)C(=O)NCCN)c2)ccc1O.CCN. The van der Waals surface area contributed by atoms with Crippen LogP contribution >= 0.6 is 0 Å². The Morgan fingerprint density at radius 1 is 1.05 bits per heavy atom. The summed E-state index contributed by atoms with van der Waals surface area (Å²) in [5, 5.41) is 38.5. The zero-order valence-electron chi connectivity index (χ0n) is 21.1. The average Bonchev–Trinajstić information content (AvgIpc) is 2.86. The number of benzene rings is 2. The summed E-state index contributed by atoms with van der Waals surface area (Å²) in [6, 6.07) is 7.76. The standard InChI is InChI=1S/C23H31N5O6.C2H7N/c1-13(25)8-16-9-14(2-4-18(16)30)15-3-5-19(31)17(10-15)22(33)21(23(34)27-7-6-24)28-20(32)11-26-12-29;1-2-3/h2-5,9-10,12-13,21-22,30-31,33H,6-8,11,24-25H2,1H3,(H,26,29)(H,27,34)(H,28,32);2-3H2,1H3. The Morgan fingerprint density at radius 3 is 2.22 bits per heavy atom. The smallest absolute Gasteiger partial charge is 0.245 e. The van der Waals surface area contributed by atoms with Gasteiger partial charge in [0.1, 0.15) is 23.6 Å².